The molecular formula is C19H20N8O5. The number of fused-ring (bicyclic) bond motifs is 1. The molecular weight excluding hydrogens is 420 g/mol. The second kappa shape index (κ2) is 9.16. The van der Waals surface area contributed by atoms with Crippen molar-refractivity contribution in [3.8, 4) is 0 Å². The van der Waals surface area contributed by atoms with Crippen LogP contribution in [-0.4, -0.2) is 66.7 Å². The molecule has 0 radical (unpaired) electrons. The van der Waals surface area contributed by atoms with E-state index in [0.717, 1.165) is 5.56 Å². The Balaban J connectivity index is 1.62. The second-order valence-electron chi connectivity index (χ2n) is 7.13. The zero-order valence-corrected chi connectivity index (χ0v) is 16.7. The van der Waals surface area contributed by atoms with Crippen LogP contribution in [0, 0.1) is 0 Å². The van der Waals surface area contributed by atoms with Crippen molar-refractivity contribution in [3.63, 3.8) is 0 Å². The third-order valence-electron chi connectivity index (χ3n) is 5.14. The van der Waals surface area contributed by atoms with Gasteiger partial charge >= 0.3 is 5.97 Å². The van der Waals surface area contributed by atoms with Gasteiger partial charge in [0, 0.05) is 4.91 Å². The number of aliphatic hydroxyl groups is 2. The molecule has 4 N–H and O–H groups in total. The lowest BCUT2D eigenvalue weighted by Gasteiger charge is -2.23. The minimum Gasteiger partial charge on any atom is -0.454 e. The molecule has 0 saturated carbocycles. The average Bonchev–Trinajstić information content (AvgIpc) is 3.36. The molecule has 0 amide bonds. The quantitative estimate of drug-likeness (QED) is 0.203. The molecule has 2 aromatic heterocycles. The average molecular weight is 440 g/mol. The molecule has 13 nitrogen and oxygen atoms in total. The van der Waals surface area contributed by atoms with Crippen molar-refractivity contribution in [1.29, 1.82) is 0 Å². The predicted octanol–water partition coefficient (Wildman–Crippen LogP) is 0.492. The van der Waals surface area contributed by atoms with Gasteiger partial charge in [0.15, 0.2) is 23.8 Å². The summed E-state index contributed by atoms with van der Waals surface area (Å²) in [6.45, 7) is -0.515. The zero-order chi connectivity index (χ0) is 22.7. The number of ether oxygens (including phenoxy) is 2. The number of aromatic nitrogens is 4. The van der Waals surface area contributed by atoms with E-state index < -0.39 is 43.2 Å². The van der Waals surface area contributed by atoms with Crippen LogP contribution in [0.25, 0.3) is 21.6 Å². The number of aliphatic hydroxyl groups excluding tert-OH is 2. The van der Waals surface area contributed by atoms with Gasteiger partial charge in [0.2, 0.25) is 0 Å². The largest absolute Gasteiger partial charge is 0.454 e. The van der Waals surface area contributed by atoms with Gasteiger partial charge in [-0.3, -0.25) is 9.36 Å². The molecule has 1 saturated heterocycles. The Hall–Kier alpha value is -3.77. The summed E-state index contributed by atoms with van der Waals surface area (Å²) in [6, 6.07) is 7.81. The van der Waals surface area contributed by atoms with Crippen LogP contribution in [0.15, 0.2) is 48.1 Å². The van der Waals surface area contributed by atoms with Crippen molar-refractivity contribution >= 4 is 23.0 Å². The number of rotatable bonds is 7. The van der Waals surface area contributed by atoms with E-state index >= 15 is 0 Å². The molecule has 0 aliphatic carbocycles. The van der Waals surface area contributed by atoms with E-state index in [1.54, 1.807) is 24.3 Å². The first-order valence-corrected chi connectivity index (χ1v) is 9.69. The minimum atomic E-state index is -1.35. The molecule has 1 aliphatic rings. The summed E-state index contributed by atoms with van der Waals surface area (Å²) in [5.41, 5.74) is 16.1. The Morgan fingerprint density at radius 1 is 1.34 bits per heavy atom. The van der Waals surface area contributed by atoms with Crippen LogP contribution in [0.2, 0.25) is 0 Å². The van der Waals surface area contributed by atoms with Crippen molar-refractivity contribution in [1.82, 2.24) is 19.5 Å². The summed E-state index contributed by atoms with van der Waals surface area (Å²) in [6.07, 6.45) is -1.96. The summed E-state index contributed by atoms with van der Waals surface area (Å²) in [7, 11) is 0. The summed E-state index contributed by atoms with van der Waals surface area (Å²) in [5, 5.41) is 23.8. The maximum atomic E-state index is 12.9. The molecule has 13 heteroatoms. The standard InChI is InChI=1S/C19H20N8O5/c20-16-13-17(23-8-22-16)27(9-24-13)18-15(14(29)12(7-28)31-18)32-19(30)11(25-26-21)6-10-4-2-1-3-5-10/h1-5,8-9,11-12,14-15,18,28-29H,6-7H2,(H2,20,22,23)/t11-,12+,14+,15+,18+/m0/s1. The highest BCUT2D eigenvalue weighted by Gasteiger charge is 2.48. The van der Waals surface area contributed by atoms with Gasteiger partial charge in [-0.25, -0.2) is 15.0 Å². The second-order valence-corrected chi connectivity index (χ2v) is 7.13. The van der Waals surface area contributed by atoms with Crippen molar-refractivity contribution in [2.24, 2.45) is 5.11 Å². The van der Waals surface area contributed by atoms with Crippen LogP contribution in [0.1, 0.15) is 11.8 Å². The van der Waals surface area contributed by atoms with Crippen molar-refractivity contribution in [3.05, 3.63) is 59.0 Å². The molecule has 0 spiro atoms. The number of carbonyl (C=O) groups is 1. The van der Waals surface area contributed by atoms with Crippen molar-refractivity contribution in [2.45, 2.75) is 37.0 Å². The third kappa shape index (κ3) is 4.05. The summed E-state index contributed by atoms with van der Waals surface area (Å²) in [4.78, 5) is 27.8. The SMILES string of the molecule is [N-]=[N+]=N[C@@H](Cc1ccccc1)C(=O)O[C@@H]1[C@H](O)[C@@H](CO)O[C@H]1n1cnc2c(N)ncnc21. The molecule has 3 heterocycles. The van der Waals surface area contributed by atoms with Crippen molar-refractivity contribution < 1.29 is 24.5 Å². The normalized spacial score (nSPS) is 23.6. The number of carbonyl (C=O) groups excluding carboxylic acids is 1. The third-order valence-corrected chi connectivity index (χ3v) is 5.14. The highest BCUT2D eigenvalue weighted by Crippen LogP contribution is 2.34. The number of imidazole rings is 1. The van der Waals surface area contributed by atoms with E-state index in [-0.39, 0.29) is 12.2 Å². The molecule has 0 bridgehead atoms. The van der Waals surface area contributed by atoms with E-state index in [1.807, 2.05) is 6.07 Å². The first-order chi connectivity index (χ1) is 15.5. The van der Waals surface area contributed by atoms with E-state index in [9.17, 15) is 15.0 Å². The minimum absolute atomic E-state index is 0.110. The number of anilines is 1. The molecule has 3 aromatic rings. The van der Waals surface area contributed by atoms with Crippen LogP contribution in [0.5, 0.6) is 0 Å². The predicted molar refractivity (Wildman–Crippen MR) is 110 cm³/mol. The molecule has 1 fully saturated rings. The lowest BCUT2D eigenvalue weighted by molar-refractivity contribution is -0.160. The Morgan fingerprint density at radius 3 is 2.84 bits per heavy atom. The van der Waals surface area contributed by atoms with Gasteiger partial charge in [-0.1, -0.05) is 35.4 Å². The van der Waals surface area contributed by atoms with E-state index in [2.05, 4.69) is 25.0 Å². The van der Waals surface area contributed by atoms with Gasteiger partial charge in [0.05, 0.1) is 12.9 Å². The molecule has 1 aromatic carbocycles. The van der Waals surface area contributed by atoms with Gasteiger partial charge in [0.1, 0.15) is 30.1 Å². The maximum Gasteiger partial charge on any atom is 0.315 e. The summed E-state index contributed by atoms with van der Waals surface area (Å²) in [5.74, 6) is -0.702. The van der Waals surface area contributed by atoms with Gasteiger partial charge < -0.3 is 25.4 Å². The molecule has 166 valence electrons. The van der Waals surface area contributed by atoms with E-state index in [0.29, 0.717) is 11.2 Å². The molecule has 4 rings (SSSR count). The monoisotopic (exact) mass is 440 g/mol. The zero-order valence-electron chi connectivity index (χ0n) is 16.7. The highest BCUT2D eigenvalue weighted by atomic mass is 16.6. The fraction of sp³-hybridized carbons (Fsp3) is 0.368. The van der Waals surface area contributed by atoms with Crippen molar-refractivity contribution in [2.75, 3.05) is 12.3 Å². The maximum absolute atomic E-state index is 12.9. The van der Waals surface area contributed by atoms with Crippen LogP contribution in [0.3, 0.4) is 0 Å². The number of hydrogen-bond acceptors (Lipinski definition) is 10. The Morgan fingerprint density at radius 2 is 2.12 bits per heavy atom. The Bertz CT molecular complexity index is 1150. The van der Waals surface area contributed by atoms with E-state index in [1.165, 1.54) is 17.2 Å². The molecule has 5 atom stereocenters. The number of benzene rings is 1. The van der Waals surface area contributed by atoms with Crippen LogP contribution >= 0.6 is 0 Å². The molecule has 0 unspecified atom stereocenters. The lowest BCUT2D eigenvalue weighted by Crippen LogP contribution is -2.39. The topological polar surface area (TPSA) is 194 Å². The van der Waals surface area contributed by atoms with Gasteiger partial charge in [-0.2, -0.15) is 0 Å². The van der Waals surface area contributed by atoms with E-state index in [4.69, 9.17) is 20.7 Å². The Kier molecular flexibility index (Phi) is 6.14. The van der Waals surface area contributed by atoms with Crippen LogP contribution in [-0.2, 0) is 20.7 Å². The molecule has 32 heavy (non-hydrogen) atoms. The fourth-order valence-corrected chi connectivity index (χ4v) is 3.56. The fourth-order valence-electron chi connectivity index (χ4n) is 3.56. The number of hydrogen-bond donors (Lipinski definition) is 3. The number of esters is 1. The van der Waals surface area contributed by atoms with Crippen LogP contribution < -0.4 is 5.73 Å². The number of nitrogens with two attached hydrogens (primary N) is 1. The Labute approximate surface area is 181 Å². The molecule has 1 aliphatic heterocycles. The first kappa shape index (κ1) is 21.5. The van der Waals surface area contributed by atoms with Crippen LogP contribution in [0.4, 0.5) is 5.82 Å². The number of azide groups is 1. The summed E-state index contributed by atoms with van der Waals surface area (Å²) >= 11 is 0. The number of nitrogens with zero attached hydrogens (tertiary/aromatic N) is 7. The van der Waals surface area contributed by atoms with Gasteiger partial charge in [-0.15, -0.1) is 0 Å². The number of nitrogen functional groups attached to an aromatic ring is 1. The van der Waals surface area contributed by atoms with Gasteiger partial charge in [-0.05, 0) is 17.5 Å². The summed E-state index contributed by atoms with van der Waals surface area (Å²) < 4.78 is 12.7. The smallest absolute Gasteiger partial charge is 0.315 e. The van der Waals surface area contributed by atoms with Gasteiger partial charge in [0.25, 0.3) is 0 Å². The highest BCUT2D eigenvalue weighted by molar-refractivity contribution is 5.81. The first-order valence-electron chi connectivity index (χ1n) is 9.69. The lowest BCUT2D eigenvalue weighted by atomic mass is 10.1.